The molecule has 2 aliphatic heterocycles. The van der Waals surface area contributed by atoms with Gasteiger partial charge in [0.05, 0.1) is 32.2 Å². The lowest BCUT2D eigenvalue weighted by Gasteiger charge is -2.50. The van der Waals surface area contributed by atoms with Crippen LogP contribution in [0.3, 0.4) is 0 Å². The second-order valence-electron chi connectivity index (χ2n) is 21.2. The third kappa shape index (κ3) is 28.2. The Morgan fingerprint density at radius 1 is 0.627 bits per heavy atom. The highest BCUT2D eigenvalue weighted by Gasteiger charge is 2.56. The maximum absolute atomic E-state index is 13.9. The second kappa shape index (κ2) is 40.3. The number of hydrogen-bond acceptors (Lipinski definition) is 16. The Labute approximate surface area is 448 Å². The van der Waals surface area contributed by atoms with Crippen molar-refractivity contribution in [1.82, 2.24) is 10.6 Å². The van der Waals surface area contributed by atoms with E-state index in [-0.39, 0.29) is 19.3 Å². The molecule has 2 fully saturated rings. The van der Waals surface area contributed by atoms with Crippen molar-refractivity contribution in [3.63, 3.8) is 0 Å². The average molecular weight is 1100 g/mol. The molecule has 0 bridgehead atoms. The van der Waals surface area contributed by atoms with Gasteiger partial charge >= 0.3 is 13.8 Å². The minimum Gasteiger partial charge on any atom is -0.462 e. The smallest absolute Gasteiger partial charge is 0.462 e. The van der Waals surface area contributed by atoms with Gasteiger partial charge in [-0.05, 0) is 25.7 Å². The lowest BCUT2D eigenvalue weighted by Crippen LogP contribution is -2.73. The van der Waals surface area contributed by atoms with E-state index in [1.54, 1.807) is 0 Å². The number of ether oxygens (including phenoxy) is 4. The quantitative estimate of drug-likeness (QED) is 0.0175. The van der Waals surface area contributed by atoms with Gasteiger partial charge in [-0.2, -0.15) is 0 Å². The van der Waals surface area contributed by atoms with Crippen LogP contribution in [0, 0.1) is 0 Å². The van der Waals surface area contributed by atoms with E-state index in [9.17, 15) is 64.5 Å². The number of hydrogen-bond donors (Lipinski definition) is 11. The number of aliphatic hydroxyl groups is 7. The fourth-order valence-electron chi connectivity index (χ4n) is 10.1. The molecule has 0 aromatic heterocycles. The molecule has 0 aromatic rings. The third-order valence-corrected chi connectivity index (χ3v) is 15.1. The number of phosphoric acid groups is 1. The van der Waals surface area contributed by atoms with E-state index in [4.69, 9.17) is 23.5 Å². The molecule has 2 saturated heterocycles. The molecule has 2 heterocycles. The van der Waals surface area contributed by atoms with Crippen molar-refractivity contribution in [3.8, 4) is 0 Å². The van der Waals surface area contributed by atoms with Gasteiger partial charge in [0.1, 0.15) is 54.3 Å². The summed E-state index contributed by atoms with van der Waals surface area (Å²) in [5.41, 5.74) is -2.13. The van der Waals surface area contributed by atoms with Crippen molar-refractivity contribution in [3.05, 3.63) is 0 Å². The Bertz CT molecular complexity index is 1550. The largest absolute Gasteiger partial charge is 0.470 e. The first-order chi connectivity index (χ1) is 36.0. The topological polar surface area (TPSA) is 321 Å². The minimum absolute atomic E-state index is 0.176. The maximum Gasteiger partial charge on any atom is 0.470 e. The molecule has 21 heteroatoms. The van der Waals surface area contributed by atoms with Gasteiger partial charge in [0, 0.05) is 19.4 Å². The average Bonchev–Trinajstić information content (AvgIpc) is 3.36. The van der Waals surface area contributed by atoms with Crippen LogP contribution in [-0.4, -0.2) is 156 Å². The fraction of sp³-hybridized carbons (Fsp3) is 0.944. The van der Waals surface area contributed by atoms with Crippen LogP contribution in [0.2, 0.25) is 0 Å². The standard InChI is InChI=1S/C54H103N2O18P/c1-4-7-10-13-16-19-22-25-28-31-40(59)36-45(61)56-54(34-35-57)51(65)48(63)43(73-53(54)66)39-70-52-47(49(64)50(42(38-58)72-52)74-75(67,68)69)55-44(60)37-41(32-29-26-23-20-17-14-11-8-5-2)71-46(62)33-30-27-24-21-18-15-12-9-6-3/h40-43,47-53,57-59,63-66H,4-39H2,1-3H3,(H,55,60)(H,56,61)(H2,67,68,69)/t40-,41-,42-,43-,47-,48-,49-,50-,51+,52-,53+,54-/m1/s1. The molecule has 0 aromatic carbocycles. The summed E-state index contributed by atoms with van der Waals surface area (Å²) in [5.74, 6) is -1.98. The van der Waals surface area contributed by atoms with Crippen molar-refractivity contribution >= 4 is 25.6 Å². The van der Waals surface area contributed by atoms with Gasteiger partial charge in [-0.3, -0.25) is 18.9 Å². The van der Waals surface area contributed by atoms with E-state index in [2.05, 4.69) is 31.4 Å². The first-order valence-electron chi connectivity index (χ1n) is 29.0. The summed E-state index contributed by atoms with van der Waals surface area (Å²) in [7, 11) is -5.33. The van der Waals surface area contributed by atoms with Crippen LogP contribution in [-0.2, 0) is 42.4 Å². The Hall–Kier alpha value is -1.88. The number of aliphatic hydroxyl groups excluding tert-OH is 7. The summed E-state index contributed by atoms with van der Waals surface area (Å²) in [4.78, 5) is 59.7. The second-order valence-corrected chi connectivity index (χ2v) is 22.4. The number of carbonyl (C=O) groups excluding carboxylic acids is 3. The van der Waals surface area contributed by atoms with Gasteiger partial charge in [0.15, 0.2) is 12.6 Å². The first kappa shape index (κ1) is 69.2. The molecule has 442 valence electrons. The number of amides is 2. The van der Waals surface area contributed by atoms with Crippen molar-refractivity contribution in [1.29, 1.82) is 0 Å². The number of unbranched alkanes of at least 4 members (excludes halogenated alkanes) is 24. The third-order valence-electron chi connectivity index (χ3n) is 14.6. The predicted molar refractivity (Wildman–Crippen MR) is 283 cm³/mol. The van der Waals surface area contributed by atoms with Crippen LogP contribution >= 0.6 is 7.82 Å². The van der Waals surface area contributed by atoms with Crippen molar-refractivity contribution in [2.45, 2.75) is 306 Å². The molecule has 2 aliphatic rings. The van der Waals surface area contributed by atoms with Crippen LogP contribution in [0.25, 0.3) is 0 Å². The van der Waals surface area contributed by atoms with E-state index >= 15 is 0 Å². The van der Waals surface area contributed by atoms with Crippen molar-refractivity contribution in [2.75, 3.05) is 19.8 Å². The summed E-state index contributed by atoms with van der Waals surface area (Å²) in [5, 5.41) is 81.7. The maximum atomic E-state index is 13.9. The molecule has 20 nitrogen and oxygen atoms in total. The Kier molecular flexibility index (Phi) is 37.2. The Balaban J connectivity index is 2.17. The lowest BCUT2D eigenvalue weighted by molar-refractivity contribution is -0.311. The normalized spacial score (nSPS) is 25.9. The van der Waals surface area contributed by atoms with Gasteiger partial charge in [-0.25, -0.2) is 4.57 Å². The highest BCUT2D eigenvalue weighted by atomic mass is 31.2. The van der Waals surface area contributed by atoms with E-state index in [0.717, 1.165) is 83.5 Å². The number of carbonyl (C=O) groups is 3. The summed E-state index contributed by atoms with van der Waals surface area (Å²) >= 11 is 0. The molecule has 0 aliphatic carbocycles. The first-order valence-corrected chi connectivity index (χ1v) is 30.6. The number of nitrogens with one attached hydrogen (secondary N) is 2. The van der Waals surface area contributed by atoms with Crippen molar-refractivity contribution < 1.29 is 88.0 Å². The molecular formula is C54H103N2O18P. The van der Waals surface area contributed by atoms with E-state index in [1.165, 1.54) is 70.6 Å². The summed E-state index contributed by atoms with van der Waals surface area (Å²) < 4.78 is 40.1. The van der Waals surface area contributed by atoms with Crippen LogP contribution in [0.5, 0.6) is 0 Å². The molecule has 2 amide bonds. The molecule has 0 saturated carbocycles. The predicted octanol–water partition coefficient (Wildman–Crippen LogP) is 6.54. The van der Waals surface area contributed by atoms with Crippen LogP contribution < -0.4 is 10.6 Å². The Morgan fingerprint density at radius 2 is 1.12 bits per heavy atom. The SMILES string of the molecule is CCCCCCCCCCCC(=O)O[C@H](CCCCCCCCCCC)CC(=O)N[C@H]1[C@H](OC[C@H]2O[C@H](O)[C@](CCO)(NC(=O)C[C@H](O)CCCCCCCCCCC)[C@@H](O)[C@@H]2O)O[C@H](CO)[C@@H](OP(=O)(O)O)[C@@H]1O. The molecule has 0 unspecified atom stereocenters. The van der Waals surface area contributed by atoms with Crippen LogP contribution in [0.4, 0.5) is 0 Å². The minimum atomic E-state index is -5.33. The molecule has 2 rings (SSSR count). The molecule has 11 N–H and O–H groups in total. The fourth-order valence-corrected chi connectivity index (χ4v) is 10.7. The zero-order chi connectivity index (χ0) is 55.5. The molecule has 75 heavy (non-hydrogen) atoms. The summed E-state index contributed by atoms with van der Waals surface area (Å²) in [6.07, 6.45) is 11.6. The zero-order valence-electron chi connectivity index (χ0n) is 46.0. The number of phosphoric ester groups is 1. The van der Waals surface area contributed by atoms with Gasteiger partial charge in [-0.15, -0.1) is 0 Å². The summed E-state index contributed by atoms with van der Waals surface area (Å²) in [6, 6.07) is -1.67. The Morgan fingerprint density at radius 3 is 1.61 bits per heavy atom. The molecular weight excluding hydrogens is 996 g/mol. The molecule has 0 radical (unpaired) electrons. The monoisotopic (exact) mass is 1100 g/mol. The van der Waals surface area contributed by atoms with E-state index < -0.39 is 125 Å². The van der Waals surface area contributed by atoms with Gasteiger partial charge < -0.3 is 75.1 Å². The molecule has 0 spiro atoms. The van der Waals surface area contributed by atoms with Gasteiger partial charge in [0.25, 0.3) is 0 Å². The lowest BCUT2D eigenvalue weighted by atomic mass is 9.80. The van der Waals surface area contributed by atoms with Crippen molar-refractivity contribution in [2.24, 2.45) is 0 Å². The highest BCUT2D eigenvalue weighted by molar-refractivity contribution is 7.46. The number of esters is 1. The zero-order valence-corrected chi connectivity index (χ0v) is 46.8. The van der Waals surface area contributed by atoms with Crippen LogP contribution in [0.1, 0.15) is 233 Å². The van der Waals surface area contributed by atoms with Gasteiger partial charge in [-0.1, -0.05) is 181 Å². The number of rotatable bonds is 45. The van der Waals surface area contributed by atoms with Crippen LogP contribution in [0.15, 0.2) is 0 Å². The highest BCUT2D eigenvalue weighted by Crippen LogP contribution is 2.42. The van der Waals surface area contributed by atoms with E-state index in [1.807, 2.05) is 0 Å². The summed E-state index contributed by atoms with van der Waals surface area (Å²) in [6.45, 7) is 4.17. The van der Waals surface area contributed by atoms with Gasteiger partial charge in [0.2, 0.25) is 11.8 Å². The molecule has 12 atom stereocenters. The van der Waals surface area contributed by atoms with E-state index in [0.29, 0.717) is 32.1 Å².